The molecule has 0 aliphatic carbocycles. The summed E-state index contributed by atoms with van der Waals surface area (Å²) in [4.78, 5) is 13.1. The minimum atomic E-state index is -0.320. The van der Waals surface area contributed by atoms with Gasteiger partial charge in [-0.15, -0.1) is 11.8 Å². The molecule has 0 spiro atoms. The number of ether oxygens (including phenoxy) is 1. The van der Waals surface area contributed by atoms with Gasteiger partial charge in [0.1, 0.15) is 0 Å². The van der Waals surface area contributed by atoms with Crippen molar-refractivity contribution in [2.45, 2.75) is 17.1 Å². The summed E-state index contributed by atoms with van der Waals surface area (Å²) in [5.74, 6) is 0.103. The van der Waals surface area contributed by atoms with Gasteiger partial charge in [-0.05, 0) is 64.8 Å². The molecule has 0 aliphatic rings. The number of thioether (sulfide) groups is 1. The number of benzene rings is 2. The van der Waals surface area contributed by atoms with Crippen LogP contribution in [0.3, 0.4) is 0 Å². The van der Waals surface area contributed by atoms with Crippen LogP contribution in [-0.2, 0) is 4.79 Å². The second kappa shape index (κ2) is 9.12. The number of phenols is 1. The number of carbonyl (C=O) groups excluding carboxylic acids is 1. The second-order valence-electron chi connectivity index (χ2n) is 5.00. The minimum absolute atomic E-state index is 0.0108. The lowest BCUT2D eigenvalue weighted by atomic mass is 10.2. The Bertz CT molecular complexity index is 784. The van der Waals surface area contributed by atoms with Crippen LogP contribution in [-0.4, -0.2) is 29.6 Å². The lowest BCUT2D eigenvalue weighted by Gasteiger charge is -2.09. The number of hydrazone groups is 1. The van der Waals surface area contributed by atoms with Gasteiger partial charge in [0, 0.05) is 9.92 Å². The van der Waals surface area contributed by atoms with E-state index in [1.165, 1.54) is 25.1 Å². The van der Waals surface area contributed by atoms with Crippen LogP contribution in [0.1, 0.15) is 12.5 Å². The number of hydrogen-bond donors (Lipinski definition) is 2. The Morgan fingerprint density at radius 2 is 2.08 bits per heavy atom. The normalized spacial score (nSPS) is 12.2. The monoisotopic (exact) mass is 442 g/mol. The first kappa shape index (κ1) is 19.6. The second-order valence-corrected chi connectivity index (χ2v) is 7.71. The van der Waals surface area contributed by atoms with E-state index in [1.807, 2.05) is 12.1 Å². The van der Waals surface area contributed by atoms with Crippen LogP contribution in [0.5, 0.6) is 11.5 Å². The largest absolute Gasteiger partial charge is 0.503 e. The molecule has 2 rings (SSSR count). The van der Waals surface area contributed by atoms with Crippen LogP contribution in [0.25, 0.3) is 0 Å². The van der Waals surface area contributed by atoms with Crippen LogP contribution < -0.4 is 10.2 Å². The molecule has 8 heteroatoms. The summed E-state index contributed by atoms with van der Waals surface area (Å²) in [7, 11) is 1.46. The average molecular weight is 444 g/mol. The van der Waals surface area contributed by atoms with E-state index in [1.54, 1.807) is 31.2 Å². The molecule has 0 heterocycles. The van der Waals surface area contributed by atoms with Crippen molar-refractivity contribution in [3.63, 3.8) is 0 Å². The highest BCUT2D eigenvalue weighted by atomic mass is 79.9. The zero-order chi connectivity index (χ0) is 18.4. The van der Waals surface area contributed by atoms with Crippen LogP contribution in [0.15, 0.2) is 50.9 Å². The van der Waals surface area contributed by atoms with Crippen molar-refractivity contribution in [3.05, 3.63) is 51.5 Å². The molecule has 0 saturated heterocycles. The number of nitrogens with zero attached hydrogens (tertiary/aromatic N) is 1. The van der Waals surface area contributed by atoms with Crippen LogP contribution in [0.4, 0.5) is 0 Å². The van der Waals surface area contributed by atoms with Crippen molar-refractivity contribution < 1.29 is 14.6 Å². The molecular weight excluding hydrogens is 428 g/mol. The molecule has 0 aromatic heterocycles. The quantitative estimate of drug-likeness (QED) is 0.393. The van der Waals surface area contributed by atoms with E-state index in [0.717, 1.165) is 4.90 Å². The summed E-state index contributed by atoms with van der Waals surface area (Å²) in [6, 6.07) is 10.6. The molecular formula is C17H16BrClN2O3S. The van der Waals surface area contributed by atoms with Gasteiger partial charge >= 0.3 is 0 Å². The molecule has 2 N–H and O–H groups in total. The third-order valence-corrected chi connectivity index (χ3v) is 5.12. The Kier molecular flexibility index (Phi) is 7.16. The van der Waals surface area contributed by atoms with Gasteiger partial charge in [-0.1, -0.05) is 11.6 Å². The van der Waals surface area contributed by atoms with Gasteiger partial charge in [-0.25, -0.2) is 5.43 Å². The number of rotatable bonds is 6. The third-order valence-electron chi connectivity index (χ3n) is 3.15. The van der Waals surface area contributed by atoms with E-state index in [2.05, 4.69) is 26.5 Å². The smallest absolute Gasteiger partial charge is 0.253 e. The van der Waals surface area contributed by atoms with Gasteiger partial charge in [0.15, 0.2) is 11.5 Å². The van der Waals surface area contributed by atoms with Gasteiger partial charge in [0.05, 0.1) is 23.0 Å². The van der Waals surface area contributed by atoms with E-state index in [9.17, 15) is 9.90 Å². The highest BCUT2D eigenvalue weighted by molar-refractivity contribution is 9.10. The number of aromatic hydroxyl groups is 1. The summed E-state index contributed by atoms with van der Waals surface area (Å²) >= 11 is 10.5. The highest BCUT2D eigenvalue weighted by Gasteiger charge is 2.13. The predicted molar refractivity (Wildman–Crippen MR) is 105 cm³/mol. The summed E-state index contributed by atoms with van der Waals surface area (Å²) in [5.41, 5.74) is 3.17. The Labute approximate surface area is 163 Å². The van der Waals surface area contributed by atoms with Gasteiger partial charge in [-0.3, -0.25) is 4.79 Å². The fourth-order valence-corrected chi connectivity index (χ4v) is 3.30. The number of amides is 1. The maximum absolute atomic E-state index is 12.1. The molecule has 25 heavy (non-hydrogen) atoms. The SMILES string of the molecule is COc1cc(/C=N/NC(=O)C(C)Sc2ccc(Cl)cc2)cc(Br)c1O. The number of methoxy groups -OCH3 is 1. The molecule has 0 radical (unpaired) electrons. The fourth-order valence-electron chi connectivity index (χ4n) is 1.86. The summed E-state index contributed by atoms with van der Waals surface area (Å²) in [6.45, 7) is 1.80. The molecule has 132 valence electrons. The van der Waals surface area contributed by atoms with E-state index in [-0.39, 0.29) is 16.9 Å². The maximum atomic E-state index is 12.1. The molecule has 2 aromatic carbocycles. The Morgan fingerprint density at radius 1 is 1.40 bits per heavy atom. The Morgan fingerprint density at radius 3 is 2.72 bits per heavy atom. The van der Waals surface area contributed by atoms with Gasteiger partial charge < -0.3 is 9.84 Å². The summed E-state index contributed by atoms with van der Waals surface area (Å²) < 4.78 is 5.54. The van der Waals surface area contributed by atoms with Crippen LogP contribution in [0.2, 0.25) is 5.02 Å². The molecule has 0 saturated carbocycles. The van der Waals surface area contributed by atoms with Crippen molar-refractivity contribution in [2.24, 2.45) is 5.10 Å². The molecule has 1 amide bonds. The molecule has 1 atom stereocenters. The highest BCUT2D eigenvalue weighted by Crippen LogP contribution is 2.34. The van der Waals surface area contributed by atoms with Crippen molar-refractivity contribution in [3.8, 4) is 11.5 Å². The van der Waals surface area contributed by atoms with E-state index in [4.69, 9.17) is 16.3 Å². The number of carbonyl (C=O) groups is 1. The standard InChI is InChI=1S/C17H16BrClN2O3S/c1-10(25-13-5-3-12(19)4-6-13)17(23)21-20-9-11-7-14(18)16(22)15(8-11)24-2/h3-10,22H,1-2H3,(H,21,23)/b20-9+. The van der Waals surface area contributed by atoms with E-state index < -0.39 is 0 Å². The number of phenolic OH excluding ortho intramolecular Hbond substituents is 1. The van der Waals surface area contributed by atoms with Crippen molar-refractivity contribution in [1.29, 1.82) is 0 Å². The first-order valence-electron chi connectivity index (χ1n) is 7.22. The number of halogens is 2. The molecule has 5 nitrogen and oxygen atoms in total. The lowest BCUT2D eigenvalue weighted by Crippen LogP contribution is -2.26. The summed E-state index contributed by atoms with van der Waals surface area (Å²) in [5, 5.41) is 14.1. The topological polar surface area (TPSA) is 70.9 Å². The number of hydrogen-bond acceptors (Lipinski definition) is 5. The fraction of sp³-hybridized carbons (Fsp3) is 0.176. The average Bonchev–Trinajstić information content (AvgIpc) is 2.59. The Balaban J connectivity index is 1.95. The predicted octanol–water partition coefficient (Wildman–Crippen LogP) is 4.45. The zero-order valence-corrected chi connectivity index (χ0v) is 16.7. The van der Waals surface area contributed by atoms with Gasteiger partial charge in [0.2, 0.25) is 0 Å². The lowest BCUT2D eigenvalue weighted by molar-refractivity contribution is -0.120. The third kappa shape index (κ3) is 5.66. The van der Waals surface area contributed by atoms with E-state index >= 15 is 0 Å². The van der Waals surface area contributed by atoms with Gasteiger partial charge in [-0.2, -0.15) is 5.10 Å². The van der Waals surface area contributed by atoms with E-state index in [0.29, 0.717) is 20.8 Å². The van der Waals surface area contributed by atoms with Crippen molar-refractivity contribution in [1.82, 2.24) is 5.43 Å². The van der Waals surface area contributed by atoms with Crippen molar-refractivity contribution >= 4 is 51.4 Å². The van der Waals surface area contributed by atoms with Gasteiger partial charge in [0.25, 0.3) is 5.91 Å². The Hall–Kier alpha value is -1.70. The maximum Gasteiger partial charge on any atom is 0.253 e. The summed E-state index contributed by atoms with van der Waals surface area (Å²) in [6.07, 6.45) is 1.48. The minimum Gasteiger partial charge on any atom is -0.503 e. The van der Waals surface area contributed by atoms with Crippen LogP contribution in [0, 0.1) is 0 Å². The van der Waals surface area contributed by atoms with Crippen LogP contribution >= 0.6 is 39.3 Å². The molecule has 2 aromatic rings. The molecule has 0 bridgehead atoms. The van der Waals surface area contributed by atoms with Crippen molar-refractivity contribution in [2.75, 3.05) is 7.11 Å². The number of nitrogens with one attached hydrogen (secondary N) is 1. The molecule has 0 aliphatic heterocycles. The molecule has 1 unspecified atom stereocenters. The zero-order valence-electron chi connectivity index (χ0n) is 13.5. The first-order chi connectivity index (χ1) is 11.9. The molecule has 0 fully saturated rings. The first-order valence-corrected chi connectivity index (χ1v) is 9.27.